The van der Waals surface area contributed by atoms with E-state index in [9.17, 15) is 0 Å². The van der Waals surface area contributed by atoms with Crippen LogP contribution in [-0.2, 0) is 6.42 Å². The van der Waals surface area contributed by atoms with Crippen molar-refractivity contribution in [3.8, 4) is 5.75 Å². The summed E-state index contributed by atoms with van der Waals surface area (Å²) in [5.74, 6) is 0.939. The molecule has 1 rings (SSSR count). The molecule has 0 amide bonds. The van der Waals surface area contributed by atoms with Gasteiger partial charge in [-0.2, -0.15) is 0 Å². The van der Waals surface area contributed by atoms with Crippen molar-refractivity contribution in [2.45, 2.75) is 64.7 Å². The first-order valence-corrected chi connectivity index (χ1v) is 8.19. The topological polar surface area (TPSA) is 29.5 Å². The SMILES string of the molecule is CCCCCCCCCCOc1ccc(CCO)cc1. The van der Waals surface area contributed by atoms with Crippen LogP contribution in [0.5, 0.6) is 5.75 Å². The van der Waals surface area contributed by atoms with Crippen LogP contribution in [0.2, 0.25) is 0 Å². The van der Waals surface area contributed by atoms with E-state index in [0.717, 1.165) is 30.8 Å². The summed E-state index contributed by atoms with van der Waals surface area (Å²) in [5, 5.41) is 8.85. The molecule has 1 N–H and O–H groups in total. The van der Waals surface area contributed by atoms with E-state index in [1.807, 2.05) is 24.3 Å². The van der Waals surface area contributed by atoms with Crippen LogP contribution in [0, 0.1) is 0 Å². The first-order chi connectivity index (χ1) is 9.86. The minimum absolute atomic E-state index is 0.207. The van der Waals surface area contributed by atoms with Crippen LogP contribution < -0.4 is 4.74 Å². The van der Waals surface area contributed by atoms with Crippen LogP contribution in [-0.4, -0.2) is 18.3 Å². The number of hydrogen-bond donors (Lipinski definition) is 1. The minimum Gasteiger partial charge on any atom is -0.494 e. The maximum Gasteiger partial charge on any atom is 0.119 e. The number of aliphatic hydroxyl groups excluding tert-OH is 1. The van der Waals surface area contributed by atoms with Crippen molar-refractivity contribution in [1.82, 2.24) is 0 Å². The van der Waals surface area contributed by atoms with E-state index in [2.05, 4.69) is 6.92 Å². The zero-order chi connectivity index (χ0) is 14.5. The molecular weight excluding hydrogens is 248 g/mol. The lowest BCUT2D eigenvalue weighted by Crippen LogP contribution is -1.98. The van der Waals surface area contributed by atoms with E-state index in [1.165, 1.54) is 44.9 Å². The lowest BCUT2D eigenvalue weighted by atomic mass is 10.1. The number of ether oxygens (including phenoxy) is 1. The van der Waals surface area contributed by atoms with Crippen molar-refractivity contribution in [3.63, 3.8) is 0 Å². The van der Waals surface area contributed by atoms with Crippen LogP contribution in [0.1, 0.15) is 63.9 Å². The Labute approximate surface area is 124 Å². The number of hydrogen-bond acceptors (Lipinski definition) is 2. The Bertz CT molecular complexity index is 319. The van der Waals surface area contributed by atoms with Gasteiger partial charge < -0.3 is 9.84 Å². The number of aliphatic hydroxyl groups is 1. The fraction of sp³-hybridized carbons (Fsp3) is 0.667. The highest BCUT2D eigenvalue weighted by Crippen LogP contribution is 2.14. The van der Waals surface area contributed by atoms with Gasteiger partial charge in [-0.1, -0.05) is 64.0 Å². The van der Waals surface area contributed by atoms with Gasteiger partial charge in [-0.3, -0.25) is 0 Å². The molecule has 0 atom stereocenters. The molecule has 0 heterocycles. The third kappa shape index (κ3) is 8.21. The third-order valence-corrected chi connectivity index (χ3v) is 3.59. The average Bonchev–Trinajstić information content (AvgIpc) is 2.47. The predicted octanol–water partition coefficient (Wildman–Crippen LogP) is 4.74. The Hall–Kier alpha value is -1.02. The molecule has 20 heavy (non-hydrogen) atoms. The monoisotopic (exact) mass is 278 g/mol. The molecule has 0 aromatic heterocycles. The Morgan fingerprint density at radius 3 is 2.05 bits per heavy atom. The lowest BCUT2D eigenvalue weighted by molar-refractivity contribution is 0.298. The largest absolute Gasteiger partial charge is 0.494 e. The summed E-state index contributed by atoms with van der Waals surface area (Å²) in [6.45, 7) is 3.28. The predicted molar refractivity (Wildman–Crippen MR) is 85.3 cm³/mol. The second-order valence-corrected chi connectivity index (χ2v) is 5.44. The summed E-state index contributed by atoms with van der Waals surface area (Å²) in [7, 11) is 0. The molecule has 0 aliphatic heterocycles. The molecule has 0 saturated heterocycles. The van der Waals surface area contributed by atoms with Gasteiger partial charge >= 0.3 is 0 Å². The Balaban J connectivity index is 1.98. The van der Waals surface area contributed by atoms with E-state index in [-0.39, 0.29) is 6.61 Å². The molecule has 0 unspecified atom stereocenters. The van der Waals surface area contributed by atoms with Gasteiger partial charge in [-0.25, -0.2) is 0 Å². The molecule has 0 radical (unpaired) electrons. The van der Waals surface area contributed by atoms with Gasteiger partial charge in [-0.05, 0) is 30.5 Å². The van der Waals surface area contributed by atoms with Gasteiger partial charge in [0.25, 0.3) is 0 Å². The van der Waals surface area contributed by atoms with Crippen LogP contribution in [0.15, 0.2) is 24.3 Å². The lowest BCUT2D eigenvalue weighted by Gasteiger charge is -2.07. The van der Waals surface area contributed by atoms with E-state index in [0.29, 0.717) is 0 Å². The van der Waals surface area contributed by atoms with Crippen LogP contribution >= 0.6 is 0 Å². The van der Waals surface area contributed by atoms with Gasteiger partial charge in [0.05, 0.1) is 6.61 Å². The van der Waals surface area contributed by atoms with E-state index in [4.69, 9.17) is 9.84 Å². The normalized spacial score (nSPS) is 10.7. The highest BCUT2D eigenvalue weighted by atomic mass is 16.5. The number of rotatable bonds is 12. The van der Waals surface area contributed by atoms with Gasteiger partial charge in [0.2, 0.25) is 0 Å². The molecule has 0 bridgehead atoms. The Morgan fingerprint density at radius 1 is 0.850 bits per heavy atom. The molecule has 0 aliphatic rings. The highest BCUT2D eigenvalue weighted by molar-refractivity contribution is 5.27. The molecule has 2 nitrogen and oxygen atoms in total. The standard InChI is InChI=1S/C18H30O2/c1-2-3-4-5-6-7-8-9-16-20-18-12-10-17(11-13-18)14-15-19/h10-13,19H,2-9,14-16H2,1H3. The van der Waals surface area contributed by atoms with Gasteiger partial charge in [0.15, 0.2) is 0 Å². The maximum atomic E-state index is 8.85. The zero-order valence-electron chi connectivity index (χ0n) is 12.9. The van der Waals surface area contributed by atoms with Gasteiger partial charge in [-0.15, -0.1) is 0 Å². The molecular formula is C18H30O2. The first kappa shape index (κ1) is 17.0. The maximum absolute atomic E-state index is 8.85. The smallest absolute Gasteiger partial charge is 0.119 e. The molecule has 1 aromatic rings. The van der Waals surface area contributed by atoms with Gasteiger partial charge in [0, 0.05) is 6.61 Å². The van der Waals surface area contributed by atoms with E-state index < -0.39 is 0 Å². The van der Waals surface area contributed by atoms with Crippen LogP contribution in [0.25, 0.3) is 0 Å². The van der Waals surface area contributed by atoms with Crippen LogP contribution in [0.3, 0.4) is 0 Å². The Kier molecular flexibility index (Phi) is 10.0. The minimum atomic E-state index is 0.207. The molecule has 114 valence electrons. The molecule has 0 spiro atoms. The molecule has 2 heteroatoms. The highest BCUT2D eigenvalue weighted by Gasteiger charge is 1.96. The number of benzene rings is 1. The van der Waals surface area contributed by atoms with Crippen molar-refractivity contribution < 1.29 is 9.84 Å². The molecule has 0 fully saturated rings. The summed E-state index contributed by atoms with van der Waals surface area (Å²) < 4.78 is 5.72. The summed E-state index contributed by atoms with van der Waals surface area (Å²) in [6, 6.07) is 8.05. The second-order valence-electron chi connectivity index (χ2n) is 5.44. The second kappa shape index (κ2) is 11.8. The van der Waals surface area contributed by atoms with Crippen LogP contribution in [0.4, 0.5) is 0 Å². The van der Waals surface area contributed by atoms with E-state index in [1.54, 1.807) is 0 Å². The summed E-state index contributed by atoms with van der Waals surface area (Å²) in [4.78, 5) is 0. The van der Waals surface area contributed by atoms with Crippen molar-refractivity contribution in [1.29, 1.82) is 0 Å². The molecule has 1 aromatic carbocycles. The molecule has 0 saturated carbocycles. The summed E-state index contributed by atoms with van der Waals surface area (Å²) in [6.07, 6.45) is 11.3. The van der Waals surface area contributed by atoms with Gasteiger partial charge in [0.1, 0.15) is 5.75 Å². The quantitative estimate of drug-likeness (QED) is 0.559. The molecule has 0 aliphatic carbocycles. The average molecular weight is 278 g/mol. The van der Waals surface area contributed by atoms with Crippen molar-refractivity contribution in [3.05, 3.63) is 29.8 Å². The third-order valence-electron chi connectivity index (χ3n) is 3.59. The van der Waals surface area contributed by atoms with Crippen molar-refractivity contribution in [2.24, 2.45) is 0 Å². The summed E-state index contributed by atoms with van der Waals surface area (Å²) in [5.41, 5.74) is 1.16. The Morgan fingerprint density at radius 2 is 1.45 bits per heavy atom. The van der Waals surface area contributed by atoms with E-state index >= 15 is 0 Å². The first-order valence-electron chi connectivity index (χ1n) is 8.19. The number of unbranched alkanes of at least 4 members (excludes halogenated alkanes) is 7. The van der Waals surface area contributed by atoms with Crippen molar-refractivity contribution in [2.75, 3.05) is 13.2 Å². The van der Waals surface area contributed by atoms with Crippen molar-refractivity contribution >= 4 is 0 Å². The summed E-state index contributed by atoms with van der Waals surface area (Å²) >= 11 is 0. The zero-order valence-corrected chi connectivity index (χ0v) is 12.9. The fourth-order valence-corrected chi connectivity index (χ4v) is 2.31. The fourth-order valence-electron chi connectivity index (χ4n) is 2.31.